The number of nitrogens with zero attached hydrogens (tertiary/aromatic N) is 2. The summed E-state index contributed by atoms with van der Waals surface area (Å²) < 4.78 is 46.9. The molecule has 0 atom stereocenters. The first-order valence-electron chi connectivity index (χ1n) is 7.41. The molecule has 1 fully saturated rings. The number of nitrogens with one attached hydrogen (secondary N) is 1. The summed E-state index contributed by atoms with van der Waals surface area (Å²) in [5, 5.41) is 3.05. The van der Waals surface area contributed by atoms with E-state index in [9.17, 15) is 13.2 Å². The van der Waals surface area contributed by atoms with Gasteiger partial charge in [0.2, 0.25) is 0 Å². The molecule has 1 aromatic heterocycles. The lowest BCUT2D eigenvalue weighted by molar-refractivity contribution is -0.153. The Bertz CT molecular complexity index is 718. The molecule has 1 aliphatic carbocycles. The largest absolute Gasteiger partial charge is 0.493 e. The highest BCUT2D eigenvalue weighted by molar-refractivity contribution is 5.61. The summed E-state index contributed by atoms with van der Waals surface area (Å²) in [7, 11) is 1.37. The molecule has 0 radical (unpaired) electrons. The molecule has 0 spiro atoms. The van der Waals surface area contributed by atoms with Crippen molar-refractivity contribution >= 4 is 11.5 Å². The maximum Gasteiger partial charge on any atom is 0.422 e. The summed E-state index contributed by atoms with van der Waals surface area (Å²) in [6.45, 7) is -1.38. The van der Waals surface area contributed by atoms with Crippen LogP contribution in [0.5, 0.6) is 11.5 Å². The minimum absolute atomic E-state index is 0.0105. The molecule has 0 bridgehead atoms. The van der Waals surface area contributed by atoms with Crippen LogP contribution in [-0.2, 0) is 0 Å². The van der Waals surface area contributed by atoms with Crippen molar-refractivity contribution in [3.63, 3.8) is 0 Å². The van der Waals surface area contributed by atoms with Crippen LogP contribution in [0.15, 0.2) is 30.6 Å². The highest BCUT2D eigenvalue weighted by Crippen LogP contribution is 2.39. The van der Waals surface area contributed by atoms with Gasteiger partial charge in [-0.25, -0.2) is 9.97 Å². The Morgan fingerprint density at radius 2 is 1.96 bits per heavy atom. The van der Waals surface area contributed by atoms with Gasteiger partial charge >= 0.3 is 6.18 Å². The zero-order chi connectivity index (χ0) is 17.2. The van der Waals surface area contributed by atoms with Crippen LogP contribution in [0, 0.1) is 0 Å². The highest BCUT2D eigenvalue weighted by Gasteiger charge is 2.29. The summed E-state index contributed by atoms with van der Waals surface area (Å²) in [6, 6.07) is 6.51. The minimum Gasteiger partial charge on any atom is -0.493 e. The molecule has 1 heterocycles. The fourth-order valence-electron chi connectivity index (χ4n) is 2.22. The summed E-state index contributed by atoms with van der Waals surface area (Å²) in [4.78, 5) is 8.35. The first kappa shape index (κ1) is 16.4. The number of benzene rings is 1. The minimum atomic E-state index is -4.42. The standard InChI is InChI=1S/C16H16F3N3O2/c1-23-13-5-4-11(6-14(13)24-8-16(17,18)19)22-15-7-12(10-2-3-10)20-9-21-15/h4-7,9-10H,2-3,8H2,1H3,(H,20,21,22). The van der Waals surface area contributed by atoms with E-state index in [2.05, 4.69) is 15.3 Å². The quantitative estimate of drug-likeness (QED) is 0.860. The zero-order valence-electron chi connectivity index (χ0n) is 12.9. The van der Waals surface area contributed by atoms with Crippen LogP contribution in [-0.4, -0.2) is 29.9 Å². The lowest BCUT2D eigenvalue weighted by Crippen LogP contribution is -2.19. The molecule has 0 saturated heterocycles. The zero-order valence-corrected chi connectivity index (χ0v) is 12.9. The summed E-state index contributed by atoms with van der Waals surface area (Å²) in [6.07, 6.45) is -0.705. The second-order valence-corrected chi connectivity index (χ2v) is 5.50. The topological polar surface area (TPSA) is 56.3 Å². The third-order valence-corrected chi connectivity index (χ3v) is 3.51. The number of hydrogen-bond acceptors (Lipinski definition) is 5. The normalized spacial score (nSPS) is 14.3. The van der Waals surface area contributed by atoms with E-state index >= 15 is 0 Å². The van der Waals surface area contributed by atoms with Crippen molar-refractivity contribution in [3.8, 4) is 11.5 Å². The van der Waals surface area contributed by atoms with Crippen molar-refractivity contribution in [2.45, 2.75) is 24.9 Å². The Hall–Kier alpha value is -2.51. The van der Waals surface area contributed by atoms with Gasteiger partial charge in [-0.15, -0.1) is 0 Å². The van der Waals surface area contributed by atoms with Gasteiger partial charge in [-0.3, -0.25) is 0 Å². The van der Waals surface area contributed by atoms with Gasteiger partial charge in [0.15, 0.2) is 18.1 Å². The second kappa shape index (κ2) is 6.54. The van der Waals surface area contributed by atoms with E-state index in [0.717, 1.165) is 18.5 Å². The average Bonchev–Trinajstić information content (AvgIpc) is 3.38. The van der Waals surface area contributed by atoms with Gasteiger partial charge in [-0.05, 0) is 25.0 Å². The van der Waals surface area contributed by atoms with Gasteiger partial charge in [0, 0.05) is 29.4 Å². The van der Waals surface area contributed by atoms with Crippen molar-refractivity contribution < 1.29 is 22.6 Å². The predicted molar refractivity (Wildman–Crippen MR) is 81.8 cm³/mol. The molecule has 0 aliphatic heterocycles. The van der Waals surface area contributed by atoms with Crippen LogP contribution in [0.25, 0.3) is 0 Å². The van der Waals surface area contributed by atoms with Gasteiger partial charge in [-0.2, -0.15) is 13.2 Å². The maximum absolute atomic E-state index is 12.4. The molecule has 5 nitrogen and oxygen atoms in total. The molecule has 128 valence electrons. The molecule has 1 aliphatic rings. The summed E-state index contributed by atoms with van der Waals surface area (Å²) in [5.41, 5.74) is 1.52. The fourth-order valence-corrected chi connectivity index (χ4v) is 2.22. The molecule has 8 heteroatoms. The van der Waals surface area contributed by atoms with E-state index < -0.39 is 12.8 Å². The SMILES string of the molecule is COc1ccc(Nc2cc(C3CC3)ncn2)cc1OCC(F)(F)F. The number of alkyl halides is 3. The molecule has 2 aromatic rings. The molecule has 0 unspecified atom stereocenters. The molecular weight excluding hydrogens is 323 g/mol. The van der Waals surface area contributed by atoms with Gasteiger partial charge in [-0.1, -0.05) is 0 Å². The van der Waals surface area contributed by atoms with E-state index in [1.54, 1.807) is 6.07 Å². The highest BCUT2D eigenvalue weighted by atomic mass is 19.4. The summed E-state index contributed by atoms with van der Waals surface area (Å²) >= 11 is 0. The number of ether oxygens (including phenoxy) is 2. The number of aromatic nitrogens is 2. The average molecular weight is 339 g/mol. The molecule has 3 rings (SSSR count). The third kappa shape index (κ3) is 4.27. The lowest BCUT2D eigenvalue weighted by Gasteiger charge is -2.14. The molecule has 0 amide bonds. The molecule has 24 heavy (non-hydrogen) atoms. The Morgan fingerprint density at radius 3 is 2.62 bits per heavy atom. The van der Waals surface area contributed by atoms with Crippen LogP contribution >= 0.6 is 0 Å². The van der Waals surface area contributed by atoms with Crippen LogP contribution < -0.4 is 14.8 Å². The van der Waals surface area contributed by atoms with Gasteiger partial charge in [0.25, 0.3) is 0 Å². The van der Waals surface area contributed by atoms with Crippen molar-refractivity contribution in [2.24, 2.45) is 0 Å². The van der Waals surface area contributed by atoms with E-state index in [1.165, 1.54) is 25.6 Å². The van der Waals surface area contributed by atoms with Crippen LogP contribution in [0.4, 0.5) is 24.7 Å². The van der Waals surface area contributed by atoms with Gasteiger partial charge in [0.1, 0.15) is 12.1 Å². The van der Waals surface area contributed by atoms with Gasteiger partial charge < -0.3 is 14.8 Å². The number of halogens is 3. The van der Waals surface area contributed by atoms with Crippen LogP contribution in [0.3, 0.4) is 0 Å². The fraction of sp³-hybridized carbons (Fsp3) is 0.375. The van der Waals surface area contributed by atoms with Crippen LogP contribution in [0.2, 0.25) is 0 Å². The smallest absolute Gasteiger partial charge is 0.422 e. The molecular formula is C16H16F3N3O2. The Kier molecular flexibility index (Phi) is 4.46. The van der Waals surface area contributed by atoms with Crippen molar-refractivity contribution in [3.05, 3.63) is 36.3 Å². The van der Waals surface area contributed by atoms with E-state index in [0.29, 0.717) is 17.4 Å². The lowest BCUT2D eigenvalue weighted by atomic mass is 10.2. The second-order valence-electron chi connectivity index (χ2n) is 5.50. The van der Waals surface area contributed by atoms with E-state index in [1.807, 2.05) is 6.07 Å². The Morgan fingerprint density at radius 1 is 1.17 bits per heavy atom. The predicted octanol–water partition coefficient (Wildman–Crippen LogP) is 4.05. The first-order valence-corrected chi connectivity index (χ1v) is 7.41. The Labute approximate surface area is 136 Å². The maximum atomic E-state index is 12.4. The monoisotopic (exact) mass is 339 g/mol. The Balaban J connectivity index is 1.76. The number of anilines is 2. The third-order valence-electron chi connectivity index (χ3n) is 3.51. The molecule has 1 saturated carbocycles. The molecule has 1 N–H and O–H groups in total. The van der Waals surface area contributed by atoms with Crippen molar-refractivity contribution in [2.75, 3.05) is 19.0 Å². The van der Waals surface area contributed by atoms with Crippen LogP contribution in [0.1, 0.15) is 24.5 Å². The summed E-state index contributed by atoms with van der Waals surface area (Å²) in [5.74, 6) is 1.30. The van der Waals surface area contributed by atoms with Gasteiger partial charge in [0.05, 0.1) is 7.11 Å². The molecule has 1 aromatic carbocycles. The van der Waals surface area contributed by atoms with E-state index in [-0.39, 0.29) is 11.5 Å². The number of rotatable bonds is 6. The van der Waals surface area contributed by atoms with Crippen molar-refractivity contribution in [1.82, 2.24) is 9.97 Å². The van der Waals surface area contributed by atoms with E-state index in [4.69, 9.17) is 9.47 Å². The number of hydrogen-bond donors (Lipinski definition) is 1. The first-order chi connectivity index (χ1) is 11.4. The number of methoxy groups -OCH3 is 1. The van der Waals surface area contributed by atoms with Crippen molar-refractivity contribution in [1.29, 1.82) is 0 Å².